The molecule has 0 spiro atoms. The zero-order valence-corrected chi connectivity index (χ0v) is 11.7. The van der Waals surface area contributed by atoms with Crippen molar-refractivity contribution in [3.63, 3.8) is 0 Å². The van der Waals surface area contributed by atoms with E-state index in [2.05, 4.69) is 27.8 Å². The van der Waals surface area contributed by atoms with E-state index in [1.165, 1.54) is 0 Å². The number of ether oxygens (including phenoxy) is 1. The molecule has 106 valence electrons. The van der Waals surface area contributed by atoms with Gasteiger partial charge in [-0.05, 0) is 26.8 Å². The topological polar surface area (TPSA) is 79.0 Å². The molecule has 0 radical (unpaired) electrons. The molecule has 0 bridgehead atoms. The number of aromatic amines is 1. The summed E-state index contributed by atoms with van der Waals surface area (Å²) in [4.78, 5) is 12.3. The molecule has 0 aromatic carbocycles. The number of anilines is 1. The van der Waals surface area contributed by atoms with E-state index in [4.69, 9.17) is 4.74 Å². The van der Waals surface area contributed by atoms with E-state index in [0.717, 1.165) is 30.0 Å². The maximum Gasteiger partial charge on any atom is 0.231 e. The van der Waals surface area contributed by atoms with E-state index in [-0.39, 0.29) is 17.9 Å². The first kappa shape index (κ1) is 14.0. The number of hydrogen-bond acceptors (Lipinski definition) is 4. The molecule has 1 amide bonds. The molecule has 3 N–H and O–H groups in total. The Bertz CT molecular complexity index is 424. The summed E-state index contributed by atoms with van der Waals surface area (Å²) in [6.45, 7) is 7.85. The smallest absolute Gasteiger partial charge is 0.231 e. The van der Waals surface area contributed by atoms with E-state index in [0.29, 0.717) is 13.2 Å². The quantitative estimate of drug-likeness (QED) is 0.742. The maximum atomic E-state index is 12.3. The molecule has 6 nitrogen and oxygen atoms in total. The summed E-state index contributed by atoms with van der Waals surface area (Å²) < 4.78 is 5.42. The van der Waals surface area contributed by atoms with Gasteiger partial charge in [-0.25, -0.2) is 0 Å². The number of nitrogens with one attached hydrogen (secondary N) is 3. The van der Waals surface area contributed by atoms with Crippen molar-refractivity contribution in [1.29, 1.82) is 0 Å². The van der Waals surface area contributed by atoms with Gasteiger partial charge in [0.2, 0.25) is 5.91 Å². The van der Waals surface area contributed by atoms with Crippen LogP contribution in [-0.2, 0) is 9.53 Å². The lowest BCUT2D eigenvalue weighted by atomic mass is 10.0. The molecule has 1 aromatic heterocycles. The zero-order valence-electron chi connectivity index (χ0n) is 11.7. The first-order valence-corrected chi connectivity index (χ1v) is 6.77. The van der Waals surface area contributed by atoms with Crippen LogP contribution in [0.25, 0.3) is 0 Å². The van der Waals surface area contributed by atoms with Crippen molar-refractivity contribution >= 4 is 11.6 Å². The second-order valence-corrected chi connectivity index (χ2v) is 5.00. The van der Waals surface area contributed by atoms with Gasteiger partial charge in [0.15, 0.2) is 0 Å². The first-order chi connectivity index (χ1) is 9.13. The minimum absolute atomic E-state index is 0.00120. The summed E-state index contributed by atoms with van der Waals surface area (Å²) in [5, 5.41) is 13.3. The molecule has 2 atom stereocenters. The maximum absolute atomic E-state index is 12.3. The predicted octanol–water partition coefficient (Wildman–Crippen LogP) is 0.980. The molecule has 1 aliphatic heterocycles. The van der Waals surface area contributed by atoms with E-state index in [1.807, 2.05) is 13.8 Å². The molecule has 1 aromatic rings. The molecule has 1 saturated heterocycles. The number of aromatic nitrogens is 2. The van der Waals surface area contributed by atoms with Crippen LogP contribution in [0.3, 0.4) is 0 Å². The monoisotopic (exact) mass is 266 g/mol. The lowest BCUT2D eigenvalue weighted by Gasteiger charge is -2.18. The number of carbonyl (C=O) groups is 1. The number of aryl methyl sites for hydroxylation is 2. The highest BCUT2D eigenvalue weighted by Crippen LogP contribution is 2.20. The van der Waals surface area contributed by atoms with Gasteiger partial charge < -0.3 is 15.4 Å². The molecule has 2 heterocycles. The van der Waals surface area contributed by atoms with Crippen molar-refractivity contribution in [2.45, 2.75) is 33.2 Å². The average molecular weight is 266 g/mol. The van der Waals surface area contributed by atoms with Gasteiger partial charge in [-0.15, -0.1) is 0 Å². The lowest BCUT2D eigenvalue weighted by molar-refractivity contribution is -0.120. The van der Waals surface area contributed by atoms with E-state index >= 15 is 0 Å². The van der Waals surface area contributed by atoms with Gasteiger partial charge >= 0.3 is 0 Å². The fourth-order valence-electron chi connectivity index (χ4n) is 2.29. The van der Waals surface area contributed by atoms with Crippen molar-refractivity contribution in [3.05, 3.63) is 11.4 Å². The number of rotatable bonds is 5. The van der Waals surface area contributed by atoms with Crippen LogP contribution in [-0.4, -0.2) is 41.9 Å². The zero-order chi connectivity index (χ0) is 13.8. The van der Waals surface area contributed by atoms with Gasteiger partial charge in [-0.3, -0.25) is 9.89 Å². The molecule has 2 rings (SSSR count). The molecule has 0 saturated carbocycles. The van der Waals surface area contributed by atoms with Crippen molar-refractivity contribution in [2.75, 3.05) is 25.1 Å². The second-order valence-electron chi connectivity index (χ2n) is 5.00. The van der Waals surface area contributed by atoms with Gasteiger partial charge in [0, 0.05) is 6.04 Å². The van der Waals surface area contributed by atoms with Gasteiger partial charge in [0.05, 0.1) is 36.2 Å². The van der Waals surface area contributed by atoms with Crippen LogP contribution < -0.4 is 10.6 Å². The Morgan fingerprint density at radius 3 is 2.89 bits per heavy atom. The van der Waals surface area contributed by atoms with Crippen LogP contribution in [0.4, 0.5) is 5.69 Å². The highest BCUT2D eigenvalue weighted by molar-refractivity contribution is 5.94. The summed E-state index contributed by atoms with van der Waals surface area (Å²) in [5.41, 5.74) is 2.47. The van der Waals surface area contributed by atoms with Crippen LogP contribution in [0.15, 0.2) is 0 Å². The minimum atomic E-state index is -0.139. The lowest BCUT2D eigenvalue weighted by Crippen LogP contribution is -2.41. The van der Waals surface area contributed by atoms with E-state index in [9.17, 15) is 4.79 Å². The van der Waals surface area contributed by atoms with Crippen LogP contribution in [0.5, 0.6) is 0 Å². The van der Waals surface area contributed by atoms with Crippen LogP contribution in [0.2, 0.25) is 0 Å². The highest BCUT2D eigenvalue weighted by atomic mass is 16.5. The Labute approximate surface area is 113 Å². The molecular weight excluding hydrogens is 244 g/mol. The third-order valence-electron chi connectivity index (χ3n) is 3.45. The number of nitrogens with zero attached hydrogens (tertiary/aromatic N) is 1. The number of H-pyrrole nitrogens is 1. The molecular formula is C13H22N4O2. The summed E-state index contributed by atoms with van der Waals surface area (Å²) in [5.74, 6) is -0.140. The molecule has 0 aliphatic carbocycles. The first-order valence-electron chi connectivity index (χ1n) is 6.77. The summed E-state index contributed by atoms with van der Waals surface area (Å²) in [6, 6.07) is 0.104. The molecule has 1 aliphatic rings. The van der Waals surface area contributed by atoms with Crippen LogP contribution in [0, 0.1) is 19.8 Å². The summed E-state index contributed by atoms with van der Waals surface area (Å²) in [6.07, 6.45) is 1.05. The van der Waals surface area contributed by atoms with E-state index < -0.39 is 0 Å². The molecule has 2 unspecified atom stereocenters. The molecule has 19 heavy (non-hydrogen) atoms. The minimum Gasteiger partial charge on any atom is -0.379 e. The third-order valence-corrected chi connectivity index (χ3v) is 3.45. The van der Waals surface area contributed by atoms with Gasteiger partial charge in [0.1, 0.15) is 0 Å². The van der Waals surface area contributed by atoms with Crippen LogP contribution in [0.1, 0.15) is 24.7 Å². The second kappa shape index (κ2) is 6.16. The highest BCUT2D eigenvalue weighted by Gasteiger charge is 2.34. The standard InChI is InChI=1S/C13H22N4O2/c1-4-5-14-11-7-19-6-10(11)13(18)15-12-8(2)16-17-9(12)3/h10-11,14H,4-7H2,1-3H3,(H,15,18)(H,16,17). The van der Waals surface area contributed by atoms with Gasteiger partial charge in [0.25, 0.3) is 0 Å². The number of carbonyl (C=O) groups excluding carboxylic acids is 1. The van der Waals surface area contributed by atoms with Crippen molar-refractivity contribution in [1.82, 2.24) is 15.5 Å². The average Bonchev–Trinajstić information content (AvgIpc) is 2.97. The Morgan fingerprint density at radius 1 is 1.47 bits per heavy atom. The van der Waals surface area contributed by atoms with Gasteiger partial charge in [-0.1, -0.05) is 6.92 Å². The normalized spacial score (nSPS) is 22.7. The Balaban J connectivity index is 1.99. The number of hydrogen-bond donors (Lipinski definition) is 3. The fraction of sp³-hybridized carbons (Fsp3) is 0.692. The van der Waals surface area contributed by atoms with Gasteiger partial charge in [-0.2, -0.15) is 5.10 Å². The SMILES string of the molecule is CCCNC1COCC1C(=O)Nc1c(C)n[nH]c1C. The number of amides is 1. The summed E-state index contributed by atoms with van der Waals surface area (Å²) in [7, 11) is 0. The Kier molecular flexibility index (Phi) is 4.55. The van der Waals surface area contributed by atoms with E-state index in [1.54, 1.807) is 0 Å². The molecule has 1 fully saturated rings. The molecule has 6 heteroatoms. The predicted molar refractivity (Wildman–Crippen MR) is 73.1 cm³/mol. The largest absolute Gasteiger partial charge is 0.379 e. The third kappa shape index (κ3) is 3.13. The summed E-state index contributed by atoms with van der Waals surface area (Å²) >= 11 is 0. The van der Waals surface area contributed by atoms with Crippen molar-refractivity contribution < 1.29 is 9.53 Å². The Hall–Kier alpha value is -1.40. The van der Waals surface area contributed by atoms with Crippen LogP contribution >= 0.6 is 0 Å². The fourth-order valence-corrected chi connectivity index (χ4v) is 2.29. The van der Waals surface area contributed by atoms with Crippen molar-refractivity contribution in [2.24, 2.45) is 5.92 Å². The Morgan fingerprint density at radius 2 is 2.26 bits per heavy atom. The van der Waals surface area contributed by atoms with Crippen molar-refractivity contribution in [3.8, 4) is 0 Å².